The first-order valence-corrected chi connectivity index (χ1v) is 8.07. The molecule has 3 nitrogen and oxygen atoms in total. The molecule has 1 aliphatic carbocycles. The summed E-state index contributed by atoms with van der Waals surface area (Å²) < 4.78 is 0. The predicted octanol–water partition coefficient (Wildman–Crippen LogP) is 2.73. The van der Waals surface area contributed by atoms with Crippen molar-refractivity contribution < 1.29 is 0 Å². The zero-order valence-corrected chi connectivity index (χ0v) is 12.6. The largest absolute Gasteiger partial charge is 0.328 e. The van der Waals surface area contributed by atoms with Gasteiger partial charge in [0.2, 0.25) is 0 Å². The summed E-state index contributed by atoms with van der Waals surface area (Å²) in [5.74, 6) is 0.647. The summed E-state index contributed by atoms with van der Waals surface area (Å²) in [7, 11) is 0. The average molecular weight is 273 g/mol. The van der Waals surface area contributed by atoms with Crippen molar-refractivity contribution in [3.8, 4) is 0 Å². The lowest BCUT2D eigenvalue weighted by Crippen LogP contribution is -2.58. The maximum Gasteiger partial charge on any atom is 0.0699 e. The first-order chi connectivity index (χ1) is 9.75. The van der Waals surface area contributed by atoms with Gasteiger partial charge >= 0.3 is 0 Å². The molecule has 3 heteroatoms. The van der Waals surface area contributed by atoms with Crippen LogP contribution in [0.25, 0.3) is 0 Å². The number of rotatable bonds is 3. The second kappa shape index (κ2) is 5.84. The van der Waals surface area contributed by atoms with E-state index in [-0.39, 0.29) is 5.54 Å². The van der Waals surface area contributed by atoms with Gasteiger partial charge in [0, 0.05) is 19.6 Å². The van der Waals surface area contributed by atoms with Crippen LogP contribution < -0.4 is 11.2 Å². The summed E-state index contributed by atoms with van der Waals surface area (Å²) in [4.78, 5) is 0. The Morgan fingerprint density at radius 2 is 2.00 bits per heavy atom. The summed E-state index contributed by atoms with van der Waals surface area (Å²) in [5, 5.41) is 2.41. The molecule has 110 valence electrons. The summed E-state index contributed by atoms with van der Waals surface area (Å²) >= 11 is 0. The zero-order chi connectivity index (χ0) is 14.0. The molecule has 0 aromatic heterocycles. The highest BCUT2D eigenvalue weighted by atomic mass is 15.5. The predicted molar refractivity (Wildman–Crippen MR) is 83.4 cm³/mol. The number of benzene rings is 1. The fourth-order valence-electron chi connectivity index (χ4n) is 3.80. The van der Waals surface area contributed by atoms with Crippen molar-refractivity contribution in [2.45, 2.75) is 50.5 Å². The third-order valence-electron chi connectivity index (χ3n) is 5.09. The highest BCUT2D eigenvalue weighted by Gasteiger charge is 2.38. The maximum absolute atomic E-state index is 6.23. The monoisotopic (exact) mass is 273 g/mol. The molecule has 2 atom stereocenters. The molecule has 0 spiro atoms. The molecule has 1 aliphatic heterocycles. The molecule has 0 radical (unpaired) electrons. The molecule has 20 heavy (non-hydrogen) atoms. The van der Waals surface area contributed by atoms with Crippen LogP contribution in [0.15, 0.2) is 24.3 Å². The van der Waals surface area contributed by atoms with E-state index >= 15 is 0 Å². The van der Waals surface area contributed by atoms with E-state index in [1.54, 1.807) is 0 Å². The Morgan fingerprint density at radius 1 is 1.25 bits per heavy atom. The van der Waals surface area contributed by atoms with Crippen molar-refractivity contribution in [3.05, 3.63) is 35.4 Å². The molecule has 2 unspecified atom stereocenters. The molecule has 0 amide bonds. The van der Waals surface area contributed by atoms with Gasteiger partial charge < -0.3 is 5.73 Å². The molecular weight excluding hydrogens is 246 g/mol. The van der Waals surface area contributed by atoms with E-state index in [9.17, 15) is 0 Å². The maximum atomic E-state index is 6.23. The van der Waals surface area contributed by atoms with Crippen LogP contribution in [0.2, 0.25) is 0 Å². The highest BCUT2D eigenvalue weighted by Crippen LogP contribution is 2.41. The number of hydrogen-bond donors (Lipinski definition) is 2. The van der Waals surface area contributed by atoms with Gasteiger partial charge in [0.25, 0.3) is 0 Å². The summed E-state index contributed by atoms with van der Waals surface area (Å²) in [6, 6.07) is 8.86. The number of nitrogens with two attached hydrogens (primary N) is 1. The lowest BCUT2D eigenvalue weighted by atomic mass is 9.72. The van der Waals surface area contributed by atoms with E-state index in [4.69, 9.17) is 5.73 Å². The van der Waals surface area contributed by atoms with Crippen molar-refractivity contribution in [2.24, 2.45) is 5.73 Å². The highest BCUT2D eigenvalue weighted by molar-refractivity contribution is 5.39. The van der Waals surface area contributed by atoms with Crippen LogP contribution in [0.5, 0.6) is 0 Å². The van der Waals surface area contributed by atoms with Gasteiger partial charge in [-0.2, -0.15) is 0 Å². The van der Waals surface area contributed by atoms with Gasteiger partial charge in [-0.3, -0.25) is 0 Å². The number of piperidine rings is 1. The second-order valence-corrected chi connectivity index (χ2v) is 6.47. The SMILES string of the molecule is CC1CCC(CN)(NN2CCCCC2)c2ccccc21. The number of hydrogen-bond acceptors (Lipinski definition) is 3. The topological polar surface area (TPSA) is 41.3 Å². The minimum atomic E-state index is -0.0551. The summed E-state index contributed by atoms with van der Waals surface area (Å²) in [5.41, 5.74) is 12.9. The number of nitrogens with one attached hydrogen (secondary N) is 1. The van der Waals surface area contributed by atoms with Gasteiger partial charge in [0.15, 0.2) is 0 Å². The number of nitrogens with zero attached hydrogens (tertiary/aromatic N) is 1. The van der Waals surface area contributed by atoms with Crippen LogP contribution in [0.3, 0.4) is 0 Å². The lowest BCUT2D eigenvalue weighted by Gasteiger charge is -2.45. The quantitative estimate of drug-likeness (QED) is 0.890. The zero-order valence-electron chi connectivity index (χ0n) is 12.6. The third kappa shape index (κ3) is 2.50. The van der Waals surface area contributed by atoms with Crippen molar-refractivity contribution in [3.63, 3.8) is 0 Å². The Labute approximate surface area is 122 Å². The van der Waals surface area contributed by atoms with Gasteiger partial charge in [0.1, 0.15) is 0 Å². The Balaban J connectivity index is 1.90. The first kappa shape index (κ1) is 14.1. The molecule has 3 rings (SSSR count). The Kier molecular flexibility index (Phi) is 4.11. The van der Waals surface area contributed by atoms with Crippen LogP contribution in [-0.4, -0.2) is 24.6 Å². The molecule has 1 fully saturated rings. The van der Waals surface area contributed by atoms with Crippen LogP contribution in [-0.2, 0) is 5.54 Å². The molecule has 1 heterocycles. The molecular formula is C17H27N3. The standard InChI is InChI=1S/C17H27N3/c1-14-9-10-17(13-18,16-8-4-3-7-15(14)16)19-20-11-5-2-6-12-20/h3-4,7-8,14,19H,2,5-6,9-13,18H2,1H3. The van der Waals surface area contributed by atoms with E-state index < -0.39 is 0 Å². The van der Waals surface area contributed by atoms with Gasteiger partial charge in [-0.1, -0.05) is 37.6 Å². The molecule has 2 aliphatic rings. The fourth-order valence-corrected chi connectivity index (χ4v) is 3.80. The van der Waals surface area contributed by atoms with E-state index in [1.165, 1.54) is 36.8 Å². The molecule has 3 N–H and O–H groups in total. The smallest absolute Gasteiger partial charge is 0.0699 e. The van der Waals surface area contributed by atoms with Crippen LogP contribution >= 0.6 is 0 Å². The minimum Gasteiger partial charge on any atom is -0.328 e. The van der Waals surface area contributed by atoms with E-state index in [0.29, 0.717) is 12.5 Å². The summed E-state index contributed by atoms with van der Waals surface area (Å²) in [6.45, 7) is 5.31. The van der Waals surface area contributed by atoms with Gasteiger partial charge in [-0.15, -0.1) is 0 Å². The molecule has 0 bridgehead atoms. The Bertz CT molecular complexity index is 453. The van der Waals surface area contributed by atoms with Gasteiger partial charge in [-0.05, 0) is 42.7 Å². The molecule has 1 saturated heterocycles. The number of hydrazine groups is 1. The van der Waals surface area contributed by atoms with E-state index in [0.717, 1.165) is 19.5 Å². The average Bonchev–Trinajstić information content (AvgIpc) is 2.52. The van der Waals surface area contributed by atoms with Crippen molar-refractivity contribution in [1.29, 1.82) is 0 Å². The molecule has 1 aromatic carbocycles. The van der Waals surface area contributed by atoms with E-state index in [1.807, 2.05) is 0 Å². The van der Waals surface area contributed by atoms with Crippen molar-refractivity contribution >= 4 is 0 Å². The molecule has 0 saturated carbocycles. The Morgan fingerprint density at radius 3 is 2.75 bits per heavy atom. The van der Waals surface area contributed by atoms with Crippen LogP contribution in [0, 0.1) is 0 Å². The lowest BCUT2D eigenvalue weighted by molar-refractivity contribution is 0.0700. The number of fused-ring (bicyclic) bond motifs is 1. The van der Waals surface area contributed by atoms with E-state index in [2.05, 4.69) is 41.6 Å². The Hall–Kier alpha value is -0.900. The van der Waals surface area contributed by atoms with Crippen molar-refractivity contribution in [1.82, 2.24) is 10.4 Å². The van der Waals surface area contributed by atoms with Crippen LogP contribution in [0.4, 0.5) is 0 Å². The third-order valence-corrected chi connectivity index (χ3v) is 5.09. The van der Waals surface area contributed by atoms with Gasteiger partial charge in [-0.25, -0.2) is 10.4 Å². The van der Waals surface area contributed by atoms with Crippen molar-refractivity contribution in [2.75, 3.05) is 19.6 Å². The van der Waals surface area contributed by atoms with Crippen LogP contribution in [0.1, 0.15) is 56.1 Å². The second-order valence-electron chi connectivity index (χ2n) is 6.47. The normalized spacial score (nSPS) is 31.0. The summed E-state index contributed by atoms with van der Waals surface area (Å²) in [6.07, 6.45) is 6.31. The minimum absolute atomic E-state index is 0.0551. The molecule has 1 aromatic rings. The fraction of sp³-hybridized carbons (Fsp3) is 0.647. The van der Waals surface area contributed by atoms with Gasteiger partial charge in [0.05, 0.1) is 5.54 Å². The first-order valence-electron chi connectivity index (χ1n) is 8.07.